The van der Waals surface area contributed by atoms with Crippen LogP contribution in [-0.2, 0) is 0 Å². The van der Waals surface area contributed by atoms with Crippen LogP contribution in [0.1, 0.15) is 15.9 Å². The highest BCUT2D eigenvalue weighted by atomic mass is 16.2. The van der Waals surface area contributed by atoms with Crippen molar-refractivity contribution in [2.75, 3.05) is 5.43 Å². The average molecular weight is 345 g/mol. The van der Waals surface area contributed by atoms with E-state index in [1.54, 1.807) is 22.9 Å². The Morgan fingerprint density at radius 3 is 2.65 bits per heavy atom. The summed E-state index contributed by atoms with van der Waals surface area (Å²) in [6.07, 6.45) is 2.74. The fourth-order valence-electron chi connectivity index (χ4n) is 2.71. The molecule has 0 saturated heterocycles. The number of amides is 1. The van der Waals surface area contributed by atoms with Gasteiger partial charge in [-0.1, -0.05) is 35.9 Å². The highest BCUT2D eigenvalue weighted by molar-refractivity contribution is 6.00. The first-order valence-corrected chi connectivity index (χ1v) is 8.02. The number of nitrogens with one attached hydrogen (secondary N) is 1. The van der Waals surface area contributed by atoms with Crippen LogP contribution in [0, 0.1) is 6.92 Å². The van der Waals surface area contributed by atoms with Crippen molar-refractivity contribution in [2.45, 2.75) is 6.92 Å². The molecule has 1 N–H and O–H groups in total. The van der Waals surface area contributed by atoms with Gasteiger partial charge in [0.2, 0.25) is 0 Å². The van der Waals surface area contributed by atoms with Crippen LogP contribution in [0.2, 0.25) is 0 Å². The van der Waals surface area contributed by atoms with Crippen molar-refractivity contribution in [3.8, 4) is 5.69 Å². The molecule has 2 aromatic heterocycles. The number of aromatic nitrogens is 4. The van der Waals surface area contributed by atoms with Crippen LogP contribution < -0.4 is 11.0 Å². The molecule has 7 heteroatoms. The number of benzene rings is 2. The van der Waals surface area contributed by atoms with Gasteiger partial charge >= 0.3 is 0 Å². The van der Waals surface area contributed by atoms with Gasteiger partial charge in [0, 0.05) is 5.56 Å². The Balaban J connectivity index is 1.71. The first kappa shape index (κ1) is 15.8. The van der Waals surface area contributed by atoms with Crippen LogP contribution in [0.15, 0.2) is 71.9 Å². The minimum absolute atomic E-state index is 0.320. The number of hydrogen-bond acceptors (Lipinski definition) is 4. The number of rotatable bonds is 3. The van der Waals surface area contributed by atoms with E-state index in [0.29, 0.717) is 16.6 Å². The zero-order chi connectivity index (χ0) is 18.1. The lowest BCUT2D eigenvalue weighted by Gasteiger charge is -2.08. The molecule has 0 aliphatic carbocycles. The third-order valence-corrected chi connectivity index (χ3v) is 3.99. The van der Waals surface area contributed by atoms with Crippen LogP contribution in [-0.4, -0.2) is 25.3 Å². The molecule has 4 aromatic rings. The molecule has 4 rings (SSSR count). The molecule has 0 saturated carbocycles. The Kier molecular flexibility index (Phi) is 3.81. The maximum atomic E-state index is 12.7. The summed E-state index contributed by atoms with van der Waals surface area (Å²) in [5.74, 6) is -0.382. The second-order valence-corrected chi connectivity index (χ2v) is 5.86. The van der Waals surface area contributed by atoms with Gasteiger partial charge in [-0.05, 0) is 31.2 Å². The average Bonchev–Trinajstić information content (AvgIpc) is 3.09. The Morgan fingerprint density at radius 2 is 1.88 bits per heavy atom. The lowest BCUT2D eigenvalue weighted by atomic mass is 10.1. The summed E-state index contributed by atoms with van der Waals surface area (Å²) < 4.78 is 2.66. The summed E-state index contributed by atoms with van der Waals surface area (Å²) in [6.45, 7) is 1.90. The van der Waals surface area contributed by atoms with E-state index in [2.05, 4.69) is 15.5 Å². The van der Waals surface area contributed by atoms with Gasteiger partial charge in [0.05, 0.1) is 11.9 Å². The largest absolute Gasteiger partial charge is 0.283 e. The molecule has 0 bridgehead atoms. The fourth-order valence-corrected chi connectivity index (χ4v) is 2.71. The van der Waals surface area contributed by atoms with Gasteiger partial charge in [0.15, 0.2) is 5.65 Å². The predicted octanol–water partition coefficient (Wildman–Crippen LogP) is 2.27. The number of carbonyl (C=O) groups is 1. The van der Waals surface area contributed by atoms with E-state index in [0.717, 1.165) is 15.9 Å². The molecule has 0 spiro atoms. The minimum atomic E-state index is -0.391. The maximum Gasteiger partial charge on any atom is 0.283 e. The van der Waals surface area contributed by atoms with E-state index < -0.39 is 5.56 Å². The van der Waals surface area contributed by atoms with Gasteiger partial charge in [0.1, 0.15) is 11.7 Å². The van der Waals surface area contributed by atoms with Crippen molar-refractivity contribution >= 4 is 16.9 Å². The van der Waals surface area contributed by atoms with Crippen molar-refractivity contribution in [1.29, 1.82) is 0 Å². The van der Waals surface area contributed by atoms with E-state index in [1.165, 1.54) is 12.5 Å². The summed E-state index contributed by atoms with van der Waals surface area (Å²) >= 11 is 0. The van der Waals surface area contributed by atoms with Crippen molar-refractivity contribution in [3.05, 3.63) is 88.6 Å². The highest BCUT2D eigenvalue weighted by Gasteiger charge is 2.13. The van der Waals surface area contributed by atoms with Crippen molar-refractivity contribution in [1.82, 2.24) is 19.4 Å². The topological polar surface area (TPSA) is 81.8 Å². The second-order valence-electron chi connectivity index (χ2n) is 5.86. The molecule has 7 nitrogen and oxygen atoms in total. The van der Waals surface area contributed by atoms with Gasteiger partial charge in [0.25, 0.3) is 11.5 Å². The number of fused-ring (bicyclic) bond motifs is 1. The minimum Gasteiger partial charge on any atom is -0.267 e. The first-order chi connectivity index (χ1) is 12.6. The first-order valence-electron chi connectivity index (χ1n) is 8.02. The standard InChI is InChI=1S/C19H15N5O2/c1-13-6-5-7-14(10-13)18(25)22-23-12-20-17-16(19(23)26)11-21-24(17)15-8-3-2-4-9-15/h2-12H,1H3,(H,22,25). The normalized spacial score (nSPS) is 10.8. The summed E-state index contributed by atoms with van der Waals surface area (Å²) in [5.41, 5.74) is 4.83. The molecule has 26 heavy (non-hydrogen) atoms. The lowest BCUT2D eigenvalue weighted by Crippen LogP contribution is -2.33. The molecule has 0 unspecified atom stereocenters. The van der Waals surface area contributed by atoms with Gasteiger partial charge in [-0.15, -0.1) is 0 Å². The molecule has 0 radical (unpaired) electrons. The number of nitrogens with zero attached hydrogens (tertiary/aromatic N) is 4. The number of carbonyl (C=O) groups excluding carboxylic acids is 1. The number of hydrogen-bond donors (Lipinski definition) is 1. The Bertz CT molecular complexity index is 1160. The van der Waals surface area contributed by atoms with Crippen molar-refractivity contribution in [3.63, 3.8) is 0 Å². The van der Waals surface area contributed by atoms with Crippen molar-refractivity contribution < 1.29 is 4.79 Å². The third kappa shape index (κ3) is 2.75. The third-order valence-electron chi connectivity index (χ3n) is 3.99. The summed E-state index contributed by atoms with van der Waals surface area (Å²) in [5, 5.41) is 4.56. The van der Waals surface area contributed by atoms with Crippen LogP contribution in [0.3, 0.4) is 0 Å². The van der Waals surface area contributed by atoms with Crippen LogP contribution in [0.5, 0.6) is 0 Å². The smallest absolute Gasteiger partial charge is 0.267 e. The molecule has 0 aliphatic rings. The maximum absolute atomic E-state index is 12.7. The van der Waals surface area contributed by atoms with Gasteiger partial charge in [-0.3, -0.25) is 15.0 Å². The predicted molar refractivity (Wildman–Crippen MR) is 98.0 cm³/mol. The Hall–Kier alpha value is -3.74. The van der Waals surface area contributed by atoms with Gasteiger partial charge in [-0.2, -0.15) is 5.10 Å². The quantitative estimate of drug-likeness (QED) is 0.617. The van der Waals surface area contributed by atoms with E-state index >= 15 is 0 Å². The van der Waals surface area contributed by atoms with E-state index in [1.807, 2.05) is 43.3 Å². The second kappa shape index (κ2) is 6.29. The summed E-state index contributed by atoms with van der Waals surface area (Å²) in [4.78, 5) is 29.3. The summed E-state index contributed by atoms with van der Waals surface area (Å²) in [7, 11) is 0. The molecule has 2 aromatic carbocycles. The molecule has 0 fully saturated rings. The lowest BCUT2D eigenvalue weighted by molar-refractivity contribution is 0.101. The van der Waals surface area contributed by atoms with Gasteiger partial charge in [-0.25, -0.2) is 14.3 Å². The highest BCUT2D eigenvalue weighted by Crippen LogP contribution is 2.12. The monoisotopic (exact) mass is 345 g/mol. The van der Waals surface area contributed by atoms with E-state index in [4.69, 9.17) is 0 Å². The number of aryl methyl sites for hydroxylation is 1. The van der Waals surface area contributed by atoms with Crippen molar-refractivity contribution in [2.24, 2.45) is 0 Å². The van der Waals surface area contributed by atoms with Gasteiger partial charge < -0.3 is 0 Å². The van der Waals surface area contributed by atoms with Crippen LogP contribution >= 0.6 is 0 Å². The Labute approximate surface area is 148 Å². The molecule has 0 aliphatic heterocycles. The zero-order valence-electron chi connectivity index (χ0n) is 14.0. The molecule has 0 atom stereocenters. The van der Waals surface area contributed by atoms with Crippen LogP contribution in [0.4, 0.5) is 0 Å². The van der Waals surface area contributed by atoms with E-state index in [9.17, 15) is 9.59 Å². The fraction of sp³-hybridized carbons (Fsp3) is 0.0526. The zero-order valence-corrected chi connectivity index (χ0v) is 14.0. The molecular formula is C19H15N5O2. The molecular weight excluding hydrogens is 330 g/mol. The molecule has 2 heterocycles. The Morgan fingerprint density at radius 1 is 1.08 bits per heavy atom. The summed E-state index contributed by atoms with van der Waals surface area (Å²) in [6, 6.07) is 16.5. The number of para-hydroxylation sites is 1. The molecule has 1 amide bonds. The molecule has 128 valence electrons. The SMILES string of the molecule is Cc1cccc(C(=O)Nn2cnc3c(cnn3-c3ccccc3)c2=O)c1. The van der Waals surface area contributed by atoms with E-state index in [-0.39, 0.29) is 5.91 Å². The van der Waals surface area contributed by atoms with Crippen LogP contribution in [0.25, 0.3) is 16.7 Å².